The Labute approximate surface area is 168 Å². The third-order valence-corrected chi connectivity index (χ3v) is 5.29. The molecule has 0 radical (unpaired) electrons. The molecule has 0 amide bonds. The number of benzene rings is 1. The maximum absolute atomic E-state index is 15.6. The van der Waals surface area contributed by atoms with Crippen LogP contribution in [-0.2, 0) is 14.0 Å². The Morgan fingerprint density at radius 3 is 1.96 bits per heavy atom. The third kappa shape index (κ3) is 5.07. The Balaban J connectivity index is 2.43. The summed E-state index contributed by atoms with van der Waals surface area (Å²) in [6.45, 7) is 10.7. The molecule has 1 aromatic rings. The summed E-state index contributed by atoms with van der Waals surface area (Å²) in [6, 6.07) is 5.31. The predicted octanol–water partition coefficient (Wildman–Crippen LogP) is 4.83. The van der Waals surface area contributed by atoms with Crippen molar-refractivity contribution < 1.29 is 27.9 Å². The minimum absolute atomic E-state index is 0.381. The average Bonchev–Trinajstić information content (AvgIpc) is 2.88. The topological polar surface area (TPSA) is 46.2 Å². The zero-order valence-electron chi connectivity index (χ0n) is 18.1. The lowest BCUT2D eigenvalue weighted by Crippen LogP contribution is -2.41. The van der Waals surface area contributed by atoms with Gasteiger partial charge in [0.05, 0.1) is 32.0 Å². The van der Waals surface area contributed by atoms with Crippen molar-refractivity contribution in [1.82, 2.24) is 0 Å². The molecule has 1 heterocycles. The summed E-state index contributed by atoms with van der Waals surface area (Å²) in [6.07, 6.45) is 1.29. The van der Waals surface area contributed by atoms with Crippen LogP contribution >= 0.6 is 0 Å². The van der Waals surface area contributed by atoms with E-state index in [-0.39, 0.29) is 0 Å². The van der Waals surface area contributed by atoms with Crippen LogP contribution in [0.5, 0.6) is 11.5 Å². The van der Waals surface area contributed by atoms with Crippen molar-refractivity contribution >= 4 is 12.7 Å². The van der Waals surface area contributed by atoms with Gasteiger partial charge in [-0.3, -0.25) is 0 Å². The summed E-state index contributed by atoms with van der Waals surface area (Å²) in [5, 5.41) is 0. The average molecular weight is 394 g/mol. The number of methoxy groups -OCH3 is 2. The van der Waals surface area contributed by atoms with Crippen LogP contribution in [-0.4, -0.2) is 45.8 Å². The van der Waals surface area contributed by atoms with E-state index in [1.807, 2.05) is 34.6 Å². The fourth-order valence-electron chi connectivity index (χ4n) is 2.89. The molecule has 28 heavy (non-hydrogen) atoms. The highest BCUT2D eigenvalue weighted by Crippen LogP contribution is 2.41. The lowest BCUT2D eigenvalue weighted by atomic mass is 9.81. The van der Waals surface area contributed by atoms with Gasteiger partial charge in [0.2, 0.25) is 0 Å². The smallest absolute Gasteiger partial charge is 0.497 e. The second-order valence-electron chi connectivity index (χ2n) is 7.88. The van der Waals surface area contributed by atoms with Crippen LogP contribution in [0.4, 0.5) is 4.39 Å². The molecule has 0 saturated carbocycles. The van der Waals surface area contributed by atoms with Crippen molar-refractivity contribution in [3.63, 3.8) is 0 Å². The molecule has 5 nitrogen and oxygen atoms in total. The minimum atomic E-state index is -1.07. The van der Waals surface area contributed by atoms with E-state index in [4.69, 9.17) is 23.5 Å². The Hall–Kier alpha value is -1.57. The van der Waals surface area contributed by atoms with Crippen LogP contribution in [0.3, 0.4) is 0 Å². The molecular formula is C21H32BFO5. The quantitative estimate of drug-likeness (QED) is 0.443. The predicted molar refractivity (Wildman–Crippen MR) is 109 cm³/mol. The maximum atomic E-state index is 15.6. The van der Waals surface area contributed by atoms with E-state index in [0.717, 1.165) is 6.42 Å². The Kier molecular flexibility index (Phi) is 7.54. The Morgan fingerprint density at radius 1 is 0.964 bits per heavy atom. The van der Waals surface area contributed by atoms with Gasteiger partial charge in [0.1, 0.15) is 17.2 Å². The third-order valence-electron chi connectivity index (χ3n) is 5.29. The second-order valence-corrected chi connectivity index (χ2v) is 7.88. The zero-order chi connectivity index (χ0) is 20.9. The molecule has 0 aromatic heterocycles. The van der Waals surface area contributed by atoms with E-state index in [2.05, 4.69) is 0 Å². The lowest BCUT2D eigenvalue weighted by molar-refractivity contribution is 0.00578. The summed E-state index contributed by atoms with van der Waals surface area (Å²) in [5.41, 5.74) is -0.570. The van der Waals surface area contributed by atoms with Crippen LogP contribution in [0.1, 0.15) is 53.0 Å². The van der Waals surface area contributed by atoms with Crippen molar-refractivity contribution in [3.8, 4) is 11.5 Å². The highest BCUT2D eigenvalue weighted by atomic mass is 19.1. The monoisotopic (exact) mass is 394 g/mol. The number of halogens is 1. The van der Waals surface area contributed by atoms with Crippen LogP contribution < -0.4 is 9.47 Å². The highest BCUT2D eigenvalue weighted by Gasteiger charge is 2.53. The summed E-state index contributed by atoms with van der Waals surface area (Å²) in [5.74, 6) is 1.17. The molecule has 1 saturated heterocycles. The molecule has 1 fully saturated rings. The lowest BCUT2D eigenvalue weighted by Gasteiger charge is -2.32. The molecule has 0 N–H and O–H groups in total. The summed E-state index contributed by atoms with van der Waals surface area (Å²) >= 11 is 0. The van der Waals surface area contributed by atoms with Gasteiger partial charge >= 0.3 is 7.12 Å². The molecule has 0 aliphatic carbocycles. The van der Waals surface area contributed by atoms with Gasteiger partial charge in [-0.1, -0.05) is 6.92 Å². The van der Waals surface area contributed by atoms with Crippen molar-refractivity contribution in [2.24, 2.45) is 0 Å². The van der Waals surface area contributed by atoms with E-state index in [0.29, 0.717) is 42.3 Å². The van der Waals surface area contributed by atoms with E-state index in [9.17, 15) is 0 Å². The largest absolute Gasteiger partial charge is 0.525 e. The van der Waals surface area contributed by atoms with Crippen molar-refractivity contribution in [2.45, 2.75) is 58.7 Å². The number of hydrogen-bond donors (Lipinski definition) is 0. The van der Waals surface area contributed by atoms with Gasteiger partial charge in [-0.2, -0.15) is 0 Å². The first-order valence-corrected chi connectivity index (χ1v) is 9.70. The molecule has 0 unspecified atom stereocenters. The molecule has 0 bridgehead atoms. The summed E-state index contributed by atoms with van der Waals surface area (Å²) < 4.78 is 43.7. The maximum Gasteiger partial charge on any atom is 0.525 e. The van der Waals surface area contributed by atoms with E-state index < -0.39 is 24.0 Å². The van der Waals surface area contributed by atoms with Crippen molar-refractivity contribution in [1.29, 1.82) is 0 Å². The van der Waals surface area contributed by atoms with Crippen molar-refractivity contribution in [2.75, 3.05) is 27.4 Å². The molecule has 1 aliphatic rings. The molecule has 1 aromatic carbocycles. The van der Waals surface area contributed by atoms with Crippen LogP contribution in [0.2, 0.25) is 0 Å². The summed E-state index contributed by atoms with van der Waals surface area (Å²) in [7, 11) is 2.07. The van der Waals surface area contributed by atoms with Gasteiger partial charge in [0, 0.05) is 12.7 Å². The molecular weight excluding hydrogens is 362 g/mol. The second kappa shape index (κ2) is 9.29. The first-order valence-electron chi connectivity index (χ1n) is 9.70. The van der Waals surface area contributed by atoms with Gasteiger partial charge in [-0.05, 0) is 63.8 Å². The molecule has 156 valence electrons. The van der Waals surface area contributed by atoms with E-state index in [1.54, 1.807) is 32.4 Å². The van der Waals surface area contributed by atoms with Gasteiger partial charge in [0.15, 0.2) is 0 Å². The normalized spacial score (nSPS) is 18.8. The van der Waals surface area contributed by atoms with Gasteiger partial charge < -0.3 is 23.5 Å². The number of rotatable bonds is 9. The zero-order valence-corrected chi connectivity index (χ0v) is 18.1. The highest BCUT2D eigenvalue weighted by molar-refractivity contribution is 6.55. The number of ether oxygens (including phenoxy) is 3. The van der Waals surface area contributed by atoms with Crippen LogP contribution in [0.25, 0.3) is 5.57 Å². The minimum Gasteiger partial charge on any atom is -0.497 e. The van der Waals surface area contributed by atoms with Crippen LogP contribution in [0.15, 0.2) is 23.9 Å². The van der Waals surface area contributed by atoms with Crippen molar-refractivity contribution in [3.05, 3.63) is 29.5 Å². The Bertz CT molecular complexity index is 664. The van der Waals surface area contributed by atoms with Crippen LogP contribution in [0, 0.1) is 0 Å². The standard InChI is InChI=1S/C21H32BFO5/c1-8-10-26-11-9-18(15-12-16(24-6)14-17(13-15)25-7)19(23)22-27-20(2,3)21(4,5)28-22/h12-14H,8-11H2,1-7H3. The first kappa shape index (κ1) is 22.7. The fraction of sp³-hybridized carbons (Fsp3) is 0.619. The van der Waals surface area contributed by atoms with Gasteiger partial charge in [-0.25, -0.2) is 4.39 Å². The molecule has 0 atom stereocenters. The van der Waals surface area contributed by atoms with E-state index in [1.165, 1.54) is 0 Å². The van der Waals surface area contributed by atoms with Gasteiger partial charge in [0.25, 0.3) is 0 Å². The number of hydrogen-bond acceptors (Lipinski definition) is 5. The molecule has 2 rings (SSSR count). The van der Waals surface area contributed by atoms with E-state index >= 15 is 4.39 Å². The SMILES string of the molecule is CCCOCCC(=C(F)B1OC(C)(C)C(C)(C)O1)c1cc(OC)cc(OC)c1. The van der Waals surface area contributed by atoms with Gasteiger partial charge in [-0.15, -0.1) is 0 Å². The first-order chi connectivity index (χ1) is 13.1. The molecule has 0 spiro atoms. The Morgan fingerprint density at radius 2 is 1.50 bits per heavy atom. The molecule has 7 heteroatoms. The fourth-order valence-corrected chi connectivity index (χ4v) is 2.89. The summed E-state index contributed by atoms with van der Waals surface area (Å²) in [4.78, 5) is 0. The molecule has 1 aliphatic heterocycles.